The van der Waals surface area contributed by atoms with Crippen molar-refractivity contribution in [3.05, 3.63) is 10.6 Å². The summed E-state index contributed by atoms with van der Waals surface area (Å²) in [7, 11) is 1.42. The number of hydrogen-bond acceptors (Lipinski definition) is 5. The Morgan fingerprint density at radius 3 is 2.95 bits per heavy atom. The number of ether oxygens (including phenoxy) is 1. The average Bonchev–Trinajstić information content (AvgIpc) is 2.68. The molecule has 1 saturated heterocycles. The highest BCUT2D eigenvalue weighted by molar-refractivity contribution is 7.17. The second-order valence-electron chi connectivity index (χ2n) is 5.48. The maximum atomic E-state index is 11.7. The van der Waals surface area contributed by atoms with Gasteiger partial charge in [0, 0.05) is 13.1 Å². The third kappa shape index (κ3) is 3.51. The van der Waals surface area contributed by atoms with Crippen molar-refractivity contribution in [3.8, 4) is 0 Å². The SMILES string of the molecule is CCCC1CCCN(c2nc(C)c(C(=O)OC)s2)CC1. The fraction of sp³-hybridized carbons (Fsp3) is 0.733. The third-order valence-corrected chi connectivity index (χ3v) is 5.17. The van der Waals surface area contributed by atoms with E-state index in [0.717, 1.165) is 29.8 Å². The smallest absolute Gasteiger partial charge is 0.350 e. The van der Waals surface area contributed by atoms with Gasteiger partial charge in [0.1, 0.15) is 4.88 Å². The number of carbonyl (C=O) groups excluding carboxylic acids is 1. The van der Waals surface area contributed by atoms with Crippen LogP contribution in [0.25, 0.3) is 0 Å². The summed E-state index contributed by atoms with van der Waals surface area (Å²) in [4.78, 5) is 19.2. The molecule has 0 bridgehead atoms. The first kappa shape index (κ1) is 15.3. The van der Waals surface area contributed by atoms with Gasteiger partial charge >= 0.3 is 5.97 Å². The molecule has 2 heterocycles. The van der Waals surface area contributed by atoms with Gasteiger partial charge in [0.2, 0.25) is 0 Å². The summed E-state index contributed by atoms with van der Waals surface area (Å²) >= 11 is 1.46. The van der Waals surface area contributed by atoms with Crippen LogP contribution in [-0.2, 0) is 4.74 Å². The molecule has 1 aromatic rings. The molecule has 5 heteroatoms. The molecule has 1 aliphatic rings. The van der Waals surface area contributed by atoms with Gasteiger partial charge in [-0.05, 0) is 32.1 Å². The van der Waals surface area contributed by atoms with E-state index in [1.165, 1.54) is 50.6 Å². The third-order valence-electron chi connectivity index (χ3n) is 3.97. The van der Waals surface area contributed by atoms with Crippen molar-refractivity contribution in [2.45, 2.75) is 46.0 Å². The molecular weight excluding hydrogens is 272 g/mol. The van der Waals surface area contributed by atoms with Gasteiger partial charge < -0.3 is 9.64 Å². The van der Waals surface area contributed by atoms with Gasteiger partial charge in [0.05, 0.1) is 12.8 Å². The van der Waals surface area contributed by atoms with Crippen LogP contribution in [0.1, 0.15) is 54.4 Å². The van der Waals surface area contributed by atoms with Crippen molar-refractivity contribution in [2.75, 3.05) is 25.1 Å². The lowest BCUT2D eigenvalue weighted by Gasteiger charge is -2.19. The molecule has 4 nitrogen and oxygen atoms in total. The summed E-state index contributed by atoms with van der Waals surface area (Å²) in [6.07, 6.45) is 6.38. The number of esters is 1. The van der Waals surface area contributed by atoms with Crippen LogP contribution < -0.4 is 4.90 Å². The molecule has 0 saturated carbocycles. The molecule has 1 unspecified atom stereocenters. The fourth-order valence-corrected chi connectivity index (χ4v) is 3.89. The highest BCUT2D eigenvalue weighted by Crippen LogP contribution is 2.30. The molecule has 20 heavy (non-hydrogen) atoms. The molecule has 0 N–H and O–H groups in total. The molecule has 2 rings (SSSR count). The second kappa shape index (κ2) is 7.07. The Balaban J connectivity index is 2.06. The van der Waals surface area contributed by atoms with Crippen LogP contribution in [0.3, 0.4) is 0 Å². The zero-order valence-electron chi connectivity index (χ0n) is 12.6. The zero-order valence-corrected chi connectivity index (χ0v) is 13.5. The average molecular weight is 296 g/mol. The maximum Gasteiger partial charge on any atom is 0.350 e. The maximum absolute atomic E-state index is 11.7. The lowest BCUT2D eigenvalue weighted by molar-refractivity contribution is 0.0605. The first-order chi connectivity index (χ1) is 9.65. The van der Waals surface area contributed by atoms with Crippen LogP contribution in [0, 0.1) is 12.8 Å². The molecule has 0 spiro atoms. The van der Waals surface area contributed by atoms with Gasteiger partial charge in [-0.25, -0.2) is 9.78 Å². The summed E-state index contributed by atoms with van der Waals surface area (Å²) in [6, 6.07) is 0. The van der Waals surface area contributed by atoms with Crippen LogP contribution in [0.15, 0.2) is 0 Å². The van der Waals surface area contributed by atoms with Crippen LogP contribution >= 0.6 is 11.3 Å². The highest BCUT2D eigenvalue weighted by Gasteiger charge is 2.22. The van der Waals surface area contributed by atoms with Crippen molar-refractivity contribution >= 4 is 22.4 Å². The van der Waals surface area contributed by atoms with Crippen LogP contribution in [0.5, 0.6) is 0 Å². The summed E-state index contributed by atoms with van der Waals surface area (Å²) < 4.78 is 4.80. The number of aromatic nitrogens is 1. The van der Waals surface area contributed by atoms with Gasteiger partial charge in [-0.2, -0.15) is 0 Å². The highest BCUT2D eigenvalue weighted by atomic mass is 32.1. The number of thiazole rings is 1. The zero-order chi connectivity index (χ0) is 14.5. The number of carbonyl (C=O) groups is 1. The van der Waals surface area contributed by atoms with Gasteiger partial charge in [0.15, 0.2) is 5.13 Å². The van der Waals surface area contributed by atoms with Crippen molar-refractivity contribution in [3.63, 3.8) is 0 Å². The molecule has 1 aromatic heterocycles. The summed E-state index contributed by atoms with van der Waals surface area (Å²) in [5, 5.41) is 0.972. The standard InChI is InChI=1S/C15H24N2O2S/c1-4-6-12-7-5-9-17(10-8-12)15-16-11(2)13(20-15)14(18)19-3/h12H,4-10H2,1-3H3. The summed E-state index contributed by atoms with van der Waals surface area (Å²) in [5.74, 6) is 0.580. The van der Waals surface area contributed by atoms with Crippen LogP contribution in [0.2, 0.25) is 0 Å². The molecule has 1 fully saturated rings. The van der Waals surface area contributed by atoms with E-state index in [1.807, 2.05) is 6.92 Å². The largest absolute Gasteiger partial charge is 0.465 e. The lowest BCUT2D eigenvalue weighted by atomic mass is 9.96. The van der Waals surface area contributed by atoms with Gasteiger partial charge in [-0.15, -0.1) is 0 Å². The van der Waals surface area contributed by atoms with Crippen molar-refractivity contribution in [1.82, 2.24) is 4.98 Å². The van der Waals surface area contributed by atoms with Crippen molar-refractivity contribution in [2.24, 2.45) is 5.92 Å². The van der Waals surface area contributed by atoms with Crippen molar-refractivity contribution < 1.29 is 9.53 Å². The number of nitrogens with zero attached hydrogens (tertiary/aromatic N) is 2. The minimum absolute atomic E-state index is 0.273. The molecule has 0 amide bonds. The quantitative estimate of drug-likeness (QED) is 0.795. The predicted octanol–water partition coefficient (Wildman–Crippen LogP) is 3.64. The van der Waals surface area contributed by atoms with E-state index < -0.39 is 0 Å². The van der Waals surface area contributed by atoms with Crippen molar-refractivity contribution in [1.29, 1.82) is 0 Å². The Labute approximate surface area is 125 Å². The van der Waals surface area contributed by atoms with E-state index >= 15 is 0 Å². The normalized spacial score (nSPS) is 19.8. The molecule has 0 aliphatic carbocycles. The fourth-order valence-electron chi connectivity index (χ4n) is 2.85. The lowest BCUT2D eigenvalue weighted by Crippen LogP contribution is -2.24. The van der Waals surface area contributed by atoms with Crippen LogP contribution in [0.4, 0.5) is 5.13 Å². The Morgan fingerprint density at radius 2 is 2.25 bits per heavy atom. The van der Waals surface area contributed by atoms with E-state index in [0.29, 0.717) is 4.88 Å². The number of anilines is 1. The minimum Gasteiger partial charge on any atom is -0.465 e. The monoisotopic (exact) mass is 296 g/mol. The van der Waals surface area contributed by atoms with E-state index in [2.05, 4.69) is 16.8 Å². The molecule has 0 aromatic carbocycles. The van der Waals surface area contributed by atoms with Crippen LogP contribution in [-0.4, -0.2) is 31.2 Å². The number of aryl methyl sites for hydroxylation is 1. The second-order valence-corrected chi connectivity index (χ2v) is 6.45. The van der Waals surface area contributed by atoms with E-state index in [-0.39, 0.29) is 5.97 Å². The Kier molecular flexibility index (Phi) is 5.40. The Bertz CT molecular complexity index is 459. The topological polar surface area (TPSA) is 42.4 Å². The molecule has 112 valence electrons. The Morgan fingerprint density at radius 1 is 1.45 bits per heavy atom. The molecule has 0 radical (unpaired) electrons. The van der Waals surface area contributed by atoms with E-state index in [9.17, 15) is 4.79 Å². The number of hydrogen-bond donors (Lipinski definition) is 0. The first-order valence-corrected chi connectivity index (χ1v) is 8.28. The predicted molar refractivity (Wildman–Crippen MR) is 82.7 cm³/mol. The van der Waals surface area contributed by atoms with E-state index in [1.54, 1.807) is 0 Å². The number of methoxy groups -OCH3 is 1. The molecule has 1 atom stereocenters. The summed E-state index contributed by atoms with van der Waals surface area (Å²) in [5.41, 5.74) is 0.784. The van der Waals surface area contributed by atoms with Gasteiger partial charge in [0.25, 0.3) is 0 Å². The molecule has 1 aliphatic heterocycles. The van der Waals surface area contributed by atoms with Gasteiger partial charge in [-0.1, -0.05) is 31.1 Å². The van der Waals surface area contributed by atoms with Gasteiger partial charge in [-0.3, -0.25) is 0 Å². The van der Waals surface area contributed by atoms with E-state index in [4.69, 9.17) is 4.74 Å². The minimum atomic E-state index is -0.273. The summed E-state index contributed by atoms with van der Waals surface area (Å²) in [6.45, 7) is 6.24. The number of rotatable bonds is 4. The first-order valence-electron chi connectivity index (χ1n) is 7.46. The molecular formula is C15H24N2O2S. The Hall–Kier alpha value is -1.10.